The summed E-state index contributed by atoms with van der Waals surface area (Å²) in [5.74, 6) is 0.418. The molecule has 7 nitrogen and oxygen atoms in total. The summed E-state index contributed by atoms with van der Waals surface area (Å²) in [5, 5.41) is 12.1. The van der Waals surface area contributed by atoms with Crippen LogP contribution in [0.4, 0.5) is 5.13 Å². The Kier molecular flexibility index (Phi) is 6.72. The second-order valence-corrected chi connectivity index (χ2v) is 10.7. The smallest absolute Gasteiger partial charge is 0.233 e. The summed E-state index contributed by atoms with van der Waals surface area (Å²) in [4.78, 5) is 14.2. The molecule has 1 N–H and O–H groups in total. The Hall–Kier alpha value is -1.65. The van der Waals surface area contributed by atoms with Crippen LogP contribution in [0.2, 0.25) is 0 Å². The van der Waals surface area contributed by atoms with Gasteiger partial charge < -0.3 is 10.2 Å². The van der Waals surface area contributed by atoms with Crippen LogP contribution in [0.5, 0.6) is 0 Å². The molecule has 0 aliphatic carbocycles. The number of hydrogen-bond donors (Lipinski definition) is 1. The van der Waals surface area contributed by atoms with E-state index in [0.717, 1.165) is 5.56 Å². The molecule has 2 aromatic rings. The van der Waals surface area contributed by atoms with Gasteiger partial charge in [0.25, 0.3) is 0 Å². The minimum absolute atomic E-state index is 0.0569. The van der Waals surface area contributed by atoms with Crippen molar-refractivity contribution in [2.75, 3.05) is 29.1 Å². The maximum atomic E-state index is 12.5. The van der Waals surface area contributed by atoms with Crippen LogP contribution >= 0.6 is 23.1 Å². The number of aromatic nitrogens is 2. The molecule has 0 spiro atoms. The standard InChI is InChI=1S/C17H22N4O3S3/c1-2-21(14-8-9-27(23,24)12-14)15(22)11-25-17-20-19-16(26-17)18-10-13-6-4-3-5-7-13/h3-7,14H,2,8-12H2,1H3,(H,18,19)/t14-/m0/s1. The number of carbonyl (C=O) groups is 1. The largest absolute Gasteiger partial charge is 0.356 e. The Labute approximate surface area is 167 Å². The number of anilines is 1. The third-order valence-electron chi connectivity index (χ3n) is 4.32. The van der Waals surface area contributed by atoms with Gasteiger partial charge in [-0.15, -0.1) is 10.2 Å². The first-order valence-electron chi connectivity index (χ1n) is 8.71. The zero-order valence-electron chi connectivity index (χ0n) is 15.0. The first-order chi connectivity index (χ1) is 13.0. The second-order valence-electron chi connectivity index (χ2n) is 6.24. The van der Waals surface area contributed by atoms with Gasteiger partial charge in [0.05, 0.1) is 17.3 Å². The van der Waals surface area contributed by atoms with Gasteiger partial charge in [-0.3, -0.25) is 4.79 Å². The predicted molar refractivity (Wildman–Crippen MR) is 109 cm³/mol. The maximum Gasteiger partial charge on any atom is 0.233 e. The topological polar surface area (TPSA) is 92.3 Å². The fourth-order valence-corrected chi connectivity index (χ4v) is 6.34. The molecule has 2 heterocycles. The van der Waals surface area contributed by atoms with E-state index in [2.05, 4.69) is 15.5 Å². The number of amides is 1. The van der Waals surface area contributed by atoms with Crippen molar-refractivity contribution in [3.05, 3.63) is 35.9 Å². The lowest BCUT2D eigenvalue weighted by Gasteiger charge is -2.26. The zero-order chi connectivity index (χ0) is 19.3. The van der Waals surface area contributed by atoms with E-state index in [4.69, 9.17) is 0 Å². The van der Waals surface area contributed by atoms with Gasteiger partial charge in [0.1, 0.15) is 0 Å². The molecule has 0 saturated carbocycles. The third-order valence-corrected chi connectivity index (χ3v) is 8.07. The molecule has 10 heteroatoms. The van der Waals surface area contributed by atoms with Crippen molar-refractivity contribution in [1.29, 1.82) is 0 Å². The summed E-state index contributed by atoms with van der Waals surface area (Å²) >= 11 is 2.75. The van der Waals surface area contributed by atoms with Crippen LogP contribution in [-0.4, -0.2) is 59.3 Å². The Balaban J connectivity index is 1.49. The van der Waals surface area contributed by atoms with Crippen LogP contribution in [0.25, 0.3) is 0 Å². The number of nitrogens with one attached hydrogen (secondary N) is 1. The second kappa shape index (κ2) is 9.03. The average molecular weight is 427 g/mol. The lowest BCUT2D eigenvalue weighted by Crippen LogP contribution is -2.41. The van der Waals surface area contributed by atoms with Crippen molar-refractivity contribution in [2.24, 2.45) is 0 Å². The van der Waals surface area contributed by atoms with E-state index < -0.39 is 9.84 Å². The molecule has 1 fully saturated rings. The van der Waals surface area contributed by atoms with E-state index in [-0.39, 0.29) is 29.2 Å². The van der Waals surface area contributed by atoms with E-state index in [9.17, 15) is 13.2 Å². The quantitative estimate of drug-likeness (QED) is 0.647. The Morgan fingerprint density at radius 3 is 2.78 bits per heavy atom. The summed E-state index contributed by atoms with van der Waals surface area (Å²) in [6.45, 7) is 3.06. The minimum Gasteiger partial charge on any atom is -0.356 e. The van der Waals surface area contributed by atoms with Crippen molar-refractivity contribution in [1.82, 2.24) is 15.1 Å². The predicted octanol–water partition coefficient (Wildman–Crippen LogP) is 2.28. The van der Waals surface area contributed by atoms with E-state index in [1.165, 1.54) is 23.1 Å². The lowest BCUT2D eigenvalue weighted by molar-refractivity contribution is -0.129. The molecular weight excluding hydrogens is 404 g/mol. The molecule has 0 bridgehead atoms. The van der Waals surface area contributed by atoms with Crippen LogP contribution < -0.4 is 5.32 Å². The average Bonchev–Trinajstić information content (AvgIpc) is 3.26. The van der Waals surface area contributed by atoms with Crippen LogP contribution in [0.1, 0.15) is 18.9 Å². The molecule has 0 radical (unpaired) electrons. The van der Waals surface area contributed by atoms with E-state index >= 15 is 0 Å². The van der Waals surface area contributed by atoms with Gasteiger partial charge in [-0.05, 0) is 18.9 Å². The van der Waals surface area contributed by atoms with Crippen LogP contribution in [-0.2, 0) is 21.2 Å². The van der Waals surface area contributed by atoms with Gasteiger partial charge in [-0.1, -0.05) is 53.4 Å². The summed E-state index contributed by atoms with van der Waals surface area (Å²) in [5.41, 5.74) is 1.15. The van der Waals surface area contributed by atoms with E-state index in [0.29, 0.717) is 29.0 Å². The maximum absolute atomic E-state index is 12.5. The van der Waals surface area contributed by atoms with Gasteiger partial charge in [0.2, 0.25) is 11.0 Å². The highest BCUT2D eigenvalue weighted by molar-refractivity contribution is 8.01. The number of rotatable bonds is 8. The van der Waals surface area contributed by atoms with E-state index in [1.807, 2.05) is 37.3 Å². The molecule has 1 aromatic carbocycles. The number of carbonyl (C=O) groups excluding carboxylic acids is 1. The van der Waals surface area contributed by atoms with Gasteiger partial charge >= 0.3 is 0 Å². The van der Waals surface area contributed by atoms with Crippen molar-refractivity contribution < 1.29 is 13.2 Å². The van der Waals surface area contributed by atoms with Crippen molar-refractivity contribution in [3.63, 3.8) is 0 Å². The zero-order valence-corrected chi connectivity index (χ0v) is 17.4. The Morgan fingerprint density at radius 1 is 1.33 bits per heavy atom. The monoisotopic (exact) mass is 426 g/mol. The molecule has 3 rings (SSSR count). The normalized spacial score (nSPS) is 18.3. The van der Waals surface area contributed by atoms with E-state index in [1.54, 1.807) is 4.90 Å². The molecule has 146 valence electrons. The number of nitrogens with zero attached hydrogens (tertiary/aromatic N) is 3. The van der Waals surface area contributed by atoms with Crippen molar-refractivity contribution in [3.8, 4) is 0 Å². The van der Waals surface area contributed by atoms with Gasteiger partial charge in [-0.2, -0.15) is 0 Å². The Bertz CT molecular complexity index is 871. The van der Waals surface area contributed by atoms with Crippen LogP contribution in [0.15, 0.2) is 34.7 Å². The molecule has 1 saturated heterocycles. The summed E-state index contributed by atoms with van der Waals surface area (Å²) in [7, 11) is -3.01. The number of benzene rings is 1. The van der Waals surface area contributed by atoms with Crippen LogP contribution in [0, 0.1) is 0 Å². The molecule has 1 aromatic heterocycles. The molecule has 1 aliphatic rings. The SMILES string of the molecule is CCN(C(=O)CSc1nnc(NCc2ccccc2)s1)[C@H]1CCS(=O)(=O)C1. The van der Waals surface area contributed by atoms with Gasteiger partial charge in [0.15, 0.2) is 14.2 Å². The highest BCUT2D eigenvalue weighted by atomic mass is 32.2. The summed E-state index contributed by atoms with van der Waals surface area (Å²) < 4.78 is 24.0. The fraction of sp³-hybridized carbons (Fsp3) is 0.471. The van der Waals surface area contributed by atoms with Gasteiger partial charge in [-0.25, -0.2) is 8.42 Å². The number of sulfone groups is 1. The number of thioether (sulfide) groups is 1. The third kappa shape index (κ3) is 5.66. The Morgan fingerprint density at radius 2 is 2.11 bits per heavy atom. The molecule has 1 aliphatic heterocycles. The highest BCUT2D eigenvalue weighted by Crippen LogP contribution is 2.27. The minimum atomic E-state index is -3.01. The van der Waals surface area contributed by atoms with Crippen LogP contribution in [0.3, 0.4) is 0 Å². The molecule has 0 unspecified atom stereocenters. The highest BCUT2D eigenvalue weighted by Gasteiger charge is 2.33. The molecule has 1 amide bonds. The summed E-state index contributed by atoms with van der Waals surface area (Å²) in [6, 6.07) is 9.81. The van der Waals surface area contributed by atoms with Gasteiger partial charge in [0, 0.05) is 19.1 Å². The van der Waals surface area contributed by atoms with Crippen molar-refractivity contribution in [2.45, 2.75) is 30.3 Å². The first-order valence-corrected chi connectivity index (χ1v) is 12.3. The lowest BCUT2D eigenvalue weighted by atomic mass is 10.2. The molecular formula is C17H22N4O3S3. The van der Waals surface area contributed by atoms with Crippen molar-refractivity contribution >= 4 is 44.0 Å². The molecule has 27 heavy (non-hydrogen) atoms. The summed E-state index contributed by atoms with van der Waals surface area (Å²) in [6.07, 6.45) is 0.527. The number of hydrogen-bond acceptors (Lipinski definition) is 8. The molecule has 1 atom stereocenters. The first kappa shape index (κ1) is 20.1. The fourth-order valence-electron chi connectivity index (χ4n) is 2.98.